The van der Waals surface area contributed by atoms with Crippen molar-refractivity contribution in [3.63, 3.8) is 0 Å². The fourth-order valence-electron chi connectivity index (χ4n) is 2.46. The molecule has 0 fully saturated rings. The molecule has 0 spiro atoms. The highest BCUT2D eigenvalue weighted by Crippen LogP contribution is 2.18. The van der Waals surface area contributed by atoms with Crippen LogP contribution in [0.1, 0.15) is 25.1 Å². The van der Waals surface area contributed by atoms with Gasteiger partial charge >= 0.3 is 0 Å². The molecular formula is C20H29N5O. The molecule has 0 aliphatic rings. The van der Waals surface area contributed by atoms with Crippen LogP contribution < -0.4 is 15.5 Å². The Morgan fingerprint density at radius 1 is 1.12 bits per heavy atom. The molecule has 0 bridgehead atoms. The number of benzene rings is 1. The molecule has 0 saturated heterocycles. The van der Waals surface area contributed by atoms with Crippen LogP contribution in [0.15, 0.2) is 53.5 Å². The Morgan fingerprint density at radius 2 is 1.85 bits per heavy atom. The first-order valence-electron chi connectivity index (χ1n) is 8.85. The molecule has 1 aromatic carbocycles. The molecule has 6 heteroatoms. The normalized spacial score (nSPS) is 13.8. The van der Waals surface area contributed by atoms with E-state index in [0.717, 1.165) is 23.6 Å². The summed E-state index contributed by atoms with van der Waals surface area (Å²) in [5.41, 5.74) is 0.771. The molecule has 0 aliphatic carbocycles. The minimum absolute atomic E-state index is 0.355. The average Bonchev–Trinajstić information content (AvgIpc) is 2.65. The summed E-state index contributed by atoms with van der Waals surface area (Å²) < 4.78 is 0. The van der Waals surface area contributed by atoms with Crippen LogP contribution in [-0.4, -0.2) is 43.2 Å². The number of pyridine rings is 1. The van der Waals surface area contributed by atoms with Gasteiger partial charge in [0.15, 0.2) is 5.96 Å². The van der Waals surface area contributed by atoms with Gasteiger partial charge in [0.05, 0.1) is 18.8 Å². The monoisotopic (exact) mass is 355 g/mol. The van der Waals surface area contributed by atoms with Crippen LogP contribution in [0.25, 0.3) is 0 Å². The smallest absolute Gasteiger partial charge is 0.191 e. The number of aromatic nitrogens is 1. The van der Waals surface area contributed by atoms with Crippen molar-refractivity contribution in [1.82, 2.24) is 15.6 Å². The number of aliphatic imine (C=N–C) groups is 1. The molecule has 3 N–H and O–H groups in total. The first-order valence-corrected chi connectivity index (χ1v) is 8.85. The van der Waals surface area contributed by atoms with Crippen LogP contribution in [0, 0.1) is 0 Å². The molecule has 0 amide bonds. The third kappa shape index (κ3) is 5.74. The van der Waals surface area contributed by atoms with Crippen molar-refractivity contribution >= 4 is 11.8 Å². The lowest BCUT2D eigenvalue weighted by molar-refractivity contribution is 0.0617. The number of nitrogens with one attached hydrogen (secondary N) is 2. The van der Waals surface area contributed by atoms with Crippen molar-refractivity contribution in [2.75, 3.05) is 32.1 Å². The van der Waals surface area contributed by atoms with Crippen molar-refractivity contribution in [2.24, 2.45) is 4.99 Å². The number of hydrogen-bond acceptors (Lipinski definition) is 4. The largest absolute Gasteiger partial charge is 0.384 e. The van der Waals surface area contributed by atoms with Crippen molar-refractivity contribution in [2.45, 2.75) is 26.0 Å². The molecule has 6 nitrogen and oxygen atoms in total. The summed E-state index contributed by atoms with van der Waals surface area (Å²) in [6, 6.07) is 15.5. The third-order valence-corrected chi connectivity index (χ3v) is 3.99. The van der Waals surface area contributed by atoms with Crippen molar-refractivity contribution in [3.05, 3.63) is 59.8 Å². The van der Waals surface area contributed by atoms with Crippen molar-refractivity contribution in [1.29, 1.82) is 0 Å². The Hall–Kier alpha value is -2.60. The van der Waals surface area contributed by atoms with Gasteiger partial charge in [-0.3, -0.25) is 0 Å². The Morgan fingerprint density at radius 3 is 2.50 bits per heavy atom. The van der Waals surface area contributed by atoms with E-state index >= 15 is 0 Å². The maximum absolute atomic E-state index is 10.7. The van der Waals surface area contributed by atoms with Gasteiger partial charge in [-0.15, -0.1) is 0 Å². The zero-order chi connectivity index (χ0) is 19.0. The predicted molar refractivity (Wildman–Crippen MR) is 107 cm³/mol. The molecule has 26 heavy (non-hydrogen) atoms. The molecule has 0 radical (unpaired) electrons. The van der Waals surface area contributed by atoms with Crippen LogP contribution in [0.3, 0.4) is 0 Å². The average molecular weight is 355 g/mol. The molecule has 1 heterocycles. The van der Waals surface area contributed by atoms with Crippen LogP contribution in [0.4, 0.5) is 5.82 Å². The molecule has 0 aliphatic heterocycles. The van der Waals surface area contributed by atoms with Gasteiger partial charge < -0.3 is 20.6 Å². The van der Waals surface area contributed by atoms with E-state index in [1.807, 2.05) is 74.4 Å². The van der Waals surface area contributed by atoms with Gasteiger partial charge in [-0.25, -0.2) is 9.98 Å². The van der Waals surface area contributed by atoms with E-state index in [-0.39, 0.29) is 0 Å². The second kappa shape index (κ2) is 9.20. The van der Waals surface area contributed by atoms with E-state index in [4.69, 9.17) is 0 Å². The SMILES string of the molecule is CCNC(=NCc1cccc(N(C)C)n1)NCC(C)(O)c1ccccc1. The standard InChI is InChI=1S/C20H29N5O/c1-5-21-19(22-14-17-12-9-13-18(24-17)25(3)4)23-15-20(2,26)16-10-7-6-8-11-16/h6-13,26H,5,14-15H2,1-4H3,(H2,21,22,23). The summed E-state index contributed by atoms with van der Waals surface area (Å²) in [7, 11) is 3.93. The molecule has 2 rings (SSSR count). The number of anilines is 1. The van der Waals surface area contributed by atoms with E-state index in [9.17, 15) is 5.11 Å². The number of nitrogens with zero attached hydrogens (tertiary/aromatic N) is 3. The van der Waals surface area contributed by atoms with Crippen molar-refractivity contribution in [3.8, 4) is 0 Å². The summed E-state index contributed by atoms with van der Waals surface area (Å²) >= 11 is 0. The van der Waals surface area contributed by atoms with Gasteiger partial charge in [-0.1, -0.05) is 36.4 Å². The van der Waals surface area contributed by atoms with E-state index in [0.29, 0.717) is 19.0 Å². The molecule has 0 saturated carbocycles. The first kappa shape index (κ1) is 19.7. The van der Waals surface area contributed by atoms with E-state index in [1.54, 1.807) is 6.92 Å². The number of aliphatic hydroxyl groups is 1. The third-order valence-electron chi connectivity index (χ3n) is 3.99. The highest BCUT2D eigenvalue weighted by atomic mass is 16.3. The number of rotatable bonds is 7. The van der Waals surface area contributed by atoms with Gasteiger partial charge in [0.1, 0.15) is 11.4 Å². The Labute approximate surface area is 156 Å². The number of hydrogen-bond donors (Lipinski definition) is 3. The molecule has 1 aromatic heterocycles. The highest BCUT2D eigenvalue weighted by Gasteiger charge is 2.22. The van der Waals surface area contributed by atoms with Gasteiger partial charge in [0.25, 0.3) is 0 Å². The summed E-state index contributed by atoms with van der Waals surface area (Å²) in [5.74, 6) is 1.56. The molecule has 1 unspecified atom stereocenters. The van der Waals surface area contributed by atoms with E-state index in [1.165, 1.54) is 0 Å². The lowest BCUT2D eigenvalue weighted by Crippen LogP contribution is -2.44. The van der Waals surface area contributed by atoms with Crippen LogP contribution in [0.5, 0.6) is 0 Å². The van der Waals surface area contributed by atoms with E-state index in [2.05, 4.69) is 20.6 Å². The second-order valence-corrected chi connectivity index (χ2v) is 6.57. The second-order valence-electron chi connectivity index (χ2n) is 6.57. The molecule has 2 aromatic rings. The zero-order valence-corrected chi connectivity index (χ0v) is 16.0. The van der Waals surface area contributed by atoms with E-state index < -0.39 is 5.60 Å². The van der Waals surface area contributed by atoms with Gasteiger partial charge in [0.2, 0.25) is 0 Å². The molecular weight excluding hydrogens is 326 g/mol. The van der Waals surface area contributed by atoms with Crippen LogP contribution >= 0.6 is 0 Å². The van der Waals surface area contributed by atoms with Gasteiger partial charge in [0, 0.05) is 20.6 Å². The molecule has 1 atom stereocenters. The lowest BCUT2D eigenvalue weighted by atomic mass is 9.96. The fraction of sp³-hybridized carbons (Fsp3) is 0.400. The predicted octanol–water partition coefficient (Wildman–Crippen LogP) is 2.11. The number of guanidine groups is 1. The first-order chi connectivity index (χ1) is 12.4. The summed E-state index contributed by atoms with van der Waals surface area (Å²) in [6.07, 6.45) is 0. The quantitative estimate of drug-likeness (QED) is 0.524. The Balaban J connectivity index is 2.04. The van der Waals surface area contributed by atoms with Crippen molar-refractivity contribution < 1.29 is 5.11 Å². The maximum atomic E-state index is 10.7. The van der Waals surface area contributed by atoms with Crippen LogP contribution in [-0.2, 0) is 12.1 Å². The Bertz CT molecular complexity index is 713. The van der Waals surface area contributed by atoms with Gasteiger partial charge in [-0.2, -0.15) is 0 Å². The van der Waals surface area contributed by atoms with Gasteiger partial charge in [-0.05, 0) is 31.5 Å². The minimum Gasteiger partial charge on any atom is -0.384 e. The highest BCUT2D eigenvalue weighted by molar-refractivity contribution is 5.79. The van der Waals surface area contributed by atoms with Crippen LogP contribution in [0.2, 0.25) is 0 Å². The fourth-order valence-corrected chi connectivity index (χ4v) is 2.46. The summed E-state index contributed by atoms with van der Waals surface area (Å²) in [6.45, 7) is 5.36. The topological polar surface area (TPSA) is 72.8 Å². The lowest BCUT2D eigenvalue weighted by Gasteiger charge is -2.25. The summed E-state index contributed by atoms with van der Waals surface area (Å²) in [5, 5.41) is 17.1. The Kier molecular flexibility index (Phi) is 6.97. The maximum Gasteiger partial charge on any atom is 0.191 e. The summed E-state index contributed by atoms with van der Waals surface area (Å²) in [4.78, 5) is 11.1. The molecule has 140 valence electrons. The zero-order valence-electron chi connectivity index (χ0n) is 16.0. The minimum atomic E-state index is -0.986.